The summed E-state index contributed by atoms with van der Waals surface area (Å²) in [6, 6.07) is 6.52. The molecular formula is C10H10FN2Pb. The van der Waals surface area contributed by atoms with Crippen LogP contribution >= 0.6 is 0 Å². The molecule has 1 unspecified atom stereocenters. The van der Waals surface area contributed by atoms with Gasteiger partial charge in [-0.05, 0) is 0 Å². The van der Waals surface area contributed by atoms with Gasteiger partial charge in [-0.15, -0.1) is 0 Å². The molecule has 0 aliphatic carbocycles. The monoisotopic (exact) mass is 385 g/mol. The number of hydrogen-bond donors (Lipinski definition) is 0. The quantitative estimate of drug-likeness (QED) is 0.676. The van der Waals surface area contributed by atoms with Crippen LogP contribution in [0.1, 0.15) is 13.3 Å². The summed E-state index contributed by atoms with van der Waals surface area (Å²) < 4.78 is 13.2. The number of nitrogens with zero attached hydrogens (tertiary/aromatic N) is 2. The van der Waals surface area contributed by atoms with Crippen molar-refractivity contribution in [3.63, 3.8) is 0 Å². The summed E-state index contributed by atoms with van der Waals surface area (Å²) in [6.07, 6.45) is 1.05. The molecule has 1 atom stereocenters. The number of anilines is 1. The van der Waals surface area contributed by atoms with E-state index in [-0.39, 0.29) is 5.82 Å². The van der Waals surface area contributed by atoms with Gasteiger partial charge in [0.1, 0.15) is 0 Å². The van der Waals surface area contributed by atoms with Gasteiger partial charge in [-0.3, -0.25) is 0 Å². The summed E-state index contributed by atoms with van der Waals surface area (Å²) in [4.78, 5) is 0. The summed E-state index contributed by atoms with van der Waals surface area (Å²) >= 11 is 1.07. The first-order valence-electron chi connectivity index (χ1n) is 4.47. The molecule has 0 aromatic heterocycles. The fraction of sp³-hybridized carbons (Fsp3) is 0.300. The van der Waals surface area contributed by atoms with Gasteiger partial charge in [0, 0.05) is 0 Å². The average Bonchev–Trinajstić information content (AvgIpc) is 2.47. The molecular weight excluding hydrogens is 374 g/mol. The van der Waals surface area contributed by atoms with E-state index < -0.39 is 0 Å². The number of hydrogen-bond acceptors (Lipinski definition) is 2. The van der Waals surface area contributed by atoms with E-state index in [4.69, 9.17) is 0 Å². The van der Waals surface area contributed by atoms with Crippen molar-refractivity contribution in [3.8, 4) is 0 Å². The van der Waals surface area contributed by atoms with Crippen molar-refractivity contribution in [1.29, 1.82) is 0 Å². The first kappa shape index (κ1) is 10.1. The van der Waals surface area contributed by atoms with Crippen LogP contribution in [0, 0.1) is 5.82 Å². The molecule has 14 heavy (non-hydrogen) atoms. The normalized spacial score (nSPS) is 21.2. The predicted molar refractivity (Wildman–Crippen MR) is 56.1 cm³/mol. The Morgan fingerprint density at radius 3 is 2.57 bits per heavy atom. The molecule has 1 aliphatic rings. The molecule has 0 fully saturated rings. The van der Waals surface area contributed by atoms with E-state index in [2.05, 4.69) is 5.10 Å². The predicted octanol–water partition coefficient (Wildman–Crippen LogP) is 1.91. The SMILES string of the molecule is CC1=NN(c2ccc(F)cc2)[CH]([Pb])C1. The van der Waals surface area contributed by atoms with Gasteiger partial charge in [0.25, 0.3) is 0 Å². The molecule has 0 bridgehead atoms. The zero-order valence-electron chi connectivity index (χ0n) is 7.87. The van der Waals surface area contributed by atoms with Gasteiger partial charge in [0.15, 0.2) is 0 Å². The van der Waals surface area contributed by atoms with Gasteiger partial charge in [-0.1, -0.05) is 0 Å². The fourth-order valence-electron chi connectivity index (χ4n) is 1.49. The molecule has 4 heteroatoms. The number of halogens is 1. The molecule has 0 saturated heterocycles. The van der Waals surface area contributed by atoms with E-state index in [1.54, 1.807) is 12.1 Å². The molecule has 0 saturated carbocycles. The Balaban J connectivity index is 2.27. The van der Waals surface area contributed by atoms with E-state index in [9.17, 15) is 4.39 Å². The zero-order chi connectivity index (χ0) is 10.1. The van der Waals surface area contributed by atoms with Crippen molar-refractivity contribution in [2.45, 2.75) is 16.9 Å². The van der Waals surface area contributed by atoms with Gasteiger partial charge >= 0.3 is 98.7 Å². The Bertz CT molecular complexity index is 361. The third-order valence-electron chi connectivity index (χ3n) is 2.15. The Morgan fingerprint density at radius 2 is 2.07 bits per heavy atom. The number of rotatable bonds is 1. The molecule has 1 aromatic rings. The molecule has 1 aromatic carbocycles. The molecule has 3 radical (unpaired) electrons. The molecule has 1 aliphatic heterocycles. The van der Waals surface area contributed by atoms with Crippen molar-refractivity contribution in [1.82, 2.24) is 0 Å². The van der Waals surface area contributed by atoms with E-state index in [1.165, 1.54) is 12.1 Å². The molecule has 1 heterocycles. The Hall–Kier alpha value is -0.458. The summed E-state index contributed by atoms with van der Waals surface area (Å²) in [7, 11) is 0. The van der Waals surface area contributed by atoms with E-state index in [0.717, 1.165) is 43.6 Å². The van der Waals surface area contributed by atoms with Crippen LogP contribution < -0.4 is 5.01 Å². The number of benzene rings is 1. The van der Waals surface area contributed by atoms with Crippen LogP contribution in [0.3, 0.4) is 0 Å². The van der Waals surface area contributed by atoms with Crippen LogP contribution in [0.25, 0.3) is 0 Å². The molecule has 2 nitrogen and oxygen atoms in total. The van der Waals surface area contributed by atoms with E-state index in [1.807, 2.05) is 11.9 Å². The molecule has 0 amide bonds. The summed E-state index contributed by atoms with van der Waals surface area (Å²) in [5, 5.41) is 6.43. The summed E-state index contributed by atoms with van der Waals surface area (Å²) in [6.45, 7) is 2.04. The molecule has 0 N–H and O–H groups in total. The van der Waals surface area contributed by atoms with Gasteiger partial charge in [0.05, 0.1) is 0 Å². The first-order chi connectivity index (χ1) is 6.66. The summed E-state index contributed by atoms with van der Waals surface area (Å²) in [5.41, 5.74) is 2.15. The maximum absolute atomic E-state index is 12.7. The van der Waals surface area contributed by atoms with Crippen molar-refractivity contribution in [2.75, 3.05) is 5.01 Å². The standard InChI is InChI=1S/C10H10FN2.Pb/c1-8-6-7-13(12-8)10-4-2-9(11)3-5-10;/h2-5,7H,6H2,1H3;. The van der Waals surface area contributed by atoms with Crippen molar-refractivity contribution in [3.05, 3.63) is 30.1 Å². The van der Waals surface area contributed by atoms with Gasteiger partial charge in [-0.2, -0.15) is 0 Å². The van der Waals surface area contributed by atoms with Crippen LogP contribution in [0.4, 0.5) is 10.1 Å². The van der Waals surface area contributed by atoms with E-state index >= 15 is 0 Å². The number of hydrazone groups is 1. The van der Waals surface area contributed by atoms with Gasteiger partial charge < -0.3 is 0 Å². The second kappa shape index (κ2) is 3.96. The molecule has 2 rings (SSSR count). The molecule has 0 spiro atoms. The van der Waals surface area contributed by atoms with Gasteiger partial charge in [-0.25, -0.2) is 0 Å². The topological polar surface area (TPSA) is 15.6 Å². The van der Waals surface area contributed by atoms with E-state index in [0.29, 0.717) is 3.60 Å². The summed E-state index contributed by atoms with van der Waals surface area (Å²) in [5.74, 6) is -0.196. The van der Waals surface area contributed by atoms with Crippen LogP contribution in [-0.2, 0) is 0 Å². The van der Waals surface area contributed by atoms with Crippen molar-refractivity contribution in [2.24, 2.45) is 5.10 Å². The Labute approximate surface area is 98.5 Å². The zero-order valence-corrected chi connectivity index (χ0v) is 11.8. The molecule has 71 valence electrons. The first-order valence-corrected chi connectivity index (χ1v) is 6.71. The minimum atomic E-state index is -0.196. The second-order valence-electron chi connectivity index (χ2n) is 3.38. The average molecular weight is 384 g/mol. The Kier molecular flexibility index (Phi) is 2.85. The van der Waals surface area contributed by atoms with Crippen LogP contribution in [0.5, 0.6) is 0 Å². The van der Waals surface area contributed by atoms with Crippen molar-refractivity contribution < 1.29 is 4.39 Å². The fourth-order valence-corrected chi connectivity index (χ4v) is 3.44. The maximum atomic E-state index is 12.7. The van der Waals surface area contributed by atoms with Gasteiger partial charge in [0.2, 0.25) is 0 Å². The van der Waals surface area contributed by atoms with Crippen molar-refractivity contribution >= 4 is 37.2 Å². The van der Waals surface area contributed by atoms with Crippen LogP contribution in [0.15, 0.2) is 29.4 Å². The second-order valence-corrected chi connectivity index (χ2v) is 5.97. The Morgan fingerprint density at radius 1 is 1.43 bits per heavy atom. The third-order valence-corrected chi connectivity index (χ3v) is 3.90. The minimum absolute atomic E-state index is 0.196. The van der Waals surface area contributed by atoms with Crippen LogP contribution in [-0.4, -0.2) is 35.1 Å². The third kappa shape index (κ3) is 1.97. The van der Waals surface area contributed by atoms with Crippen LogP contribution in [0.2, 0.25) is 0 Å².